The quantitative estimate of drug-likeness (QED) is 0.323. The van der Waals surface area contributed by atoms with Crippen LogP contribution in [0.5, 0.6) is 11.8 Å². The van der Waals surface area contributed by atoms with Crippen LogP contribution in [0.1, 0.15) is 32.6 Å². The molecule has 0 saturated carbocycles. The van der Waals surface area contributed by atoms with E-state index >= 15 is 0 Å². The lowest BCUT2D eigenvalue weighted by Gasteiger charge is -2.05. The fourth-order valence-corrected chi connectivity index (χ4v) is 3.28. The van der Waals surface area contributed by atoms with E-state index < -0.39 is 5.91 Å². The number of hydrogen-bond acceptors (Lipinski definition) is 4. The number of nitrogens with zero attached hydrogens (tertiary/aromatic N) is 2. The number of aromatic amines is 1. The average molecular weight is 430 g/mol. The summed E-state index contributed by atoms with van der Waals surface area (Å²) in [5.74, 6) is 5.70. The van der Waals surface area contributed by atoms with Crippen LogP contribution in [0.15, 0.2) is 59.8 Å². The summed E-state index contributed by atoms with van der Waals surface area (Å²) in [5.41, 5.74) is 4.80. The van der Waals surface area contributed by atoms with Crippen LogP contribution in [0.2, 0.25) is 5.02 Å². The molecule has 0 radical (unpaired) electrons. The minimum absolute atomic E-state index is 0.181. The van der Waals surface area contributed by atoms with Crippen molar-refractivity contribution >= 4 is 28.5 Å². The Hall–Kier alpha value is -3.95. The number of ether oxygens (including phenoxy) is 1. The lowest BCUT2D eigenvalue weighted by atomic mass is 10.1. The van der Waals surface area contributed by atoms with Gasteiger partial charge < -0.3 is 9.72 Å². The molecule has 3 aromatic carbocycles. The van der Waals surface area contributed by atoms with Gasteiger partial charge in [0.25, 0.3) is 6.01 Å². The van der Waals surface area contributed by atoms with Crippen molar-refractivity contribution in [1.82, 2.24) is 9.97 Å². The SMILES string of the molecule is Cc1cccc(C#Cc2cc3nc(Oc4ccc(C)c(C(=O)N=O)c4)[nH]c3cc2Cl)c1. The molecule has 31 heavy (non-hydrogen) atoms. The van der Waals surface area contributed by atoms with Crippen LogP contribution in [-0.2, 0) is 0 Å². The molecule has 4 rings (SSSR count). The van der Waals surface area contributed by atoms with E-state index in [2.05, 4.69) is 27.0 Å². The third-order valence-electron chi connectivity index (χ3n) is 4.65. The number of nitrogens with one attached hydrogen (secondary N) is 1. The molecule has 152 valence electrons. The number of fused-ring (bicyclic) bond motifs is 1. The third kappa shape index (κ3) is 4.47. The van der Waals surface area contributed by atoms with Gasteiger partial charge in [0.1, 0.15) is 5.75 Å². The van der Waals surface area contributed by atoms with Crippen molar-refractivity contribution in [3.63, 3.8) is 0 Å². The second-order valence-electron chi connectivity index (χ2n) is 6.99. The van der Waals surface area contributed by atoms with Crippen molar-refractivity contribution in [3.05, 3.63) is 92.3 Å². The molecule has 1 N–H and O–H groups in total. The predicted octanol–water partition coefficient (Wildman–Crippen LogP) is 5.93. The van der Waals surface area contributed by atoms with Crippen molar-refractivity contribution in [2.24, 2.45) is 5.18 Å². The minimum Gasteiger partial charge on any atom is -0.426 e. The number of hydrogen-bond donors (Lipinski definition) is 1. The maximum absolute atomic E-state index is 11.7. The number of H-pyrrole nitrogens is 1. The normalized spacial score (nSPS) is 10.4. The van der Waals surface area contributed by atoms with E-state index in [1.807, 2.05) is 31.2 Å². The lowest BCUT2D eigenvalue weighted by Crippen LogP contribution is -1.98. The fraction of sp³-hybridized carbons (Fsp3) is 0.0833. The van der Waals surface area contributed by atoms with Gasteiger partial charge in [-0.15, -0.1) is 4.91 Å². The van der Waals surface area contributed by atoms with Gasteiger partial charge in [-0.2, -0.15) is 4.98 Å². The third-order valence-corrected chi connectivity index (χ3v) is 4.96. The average Bonchev–Trinajstić information content (AvgIpc) is 3.13. The number of amides is 1. The molecule has 0 fully saturated rings. The molecule has 0 atom stereocenters. The molecule has 1 heterocycles. The van der Waals surface area contributed by atoms with Crippen molar-refractivity contribution in [1.29, 1.82) is 0 Å². The van der Waals surface area contributed by atoms with E-state index in [9.17, 15) is 9.70 Å². The highest BCUT2D eigenvalue weighted by atomic mass is 35.5. The summed E-state index contributed by atoms with van der Waals surface area (Å²) in [6.45, 7) is 3.72. The molecule has 0 aliphatic rings. The molecular weight excluding hydrogens is 414 g/mol. The first-order chi connectivity index (χ1) is 14.9. The maximum Gasteiger partial charge on any atom is 0.317 e. The molecule has 1 aromatic heterocycles. The monoisotopic (exact) mass is 429 g/mol. The second kappa shape index (κ2) is 8.42. The Bertz CT molecular complexity index is 1400. The van der Waals surface area contributed by atoms with E-state index in [0.29, 0.717) is 32.9 Å². The topological polar surface area (TPSA) is 84.4 Å². The lowest BCUT2D eigenvalue weighted by molar-refractivity contribution is 0.1000. The molecule has 1 amide bonds. The summed E-state index contributed by atoms with van der Waals surface area (Å²) in [7, 11) is 0. The number of benzene rings is 3. The van der Waals surface area contributed by atoms with E-state index in [4.69, 9.17) is 16.3 Å². The van der Waals surface area contributed by atoms with Crippen LogP contribution in [-0.4, -0.2) is 15.9 Å². The smallest absolute Gasteiger partial charge is 0.317 e. The molecular formula is C24H16ClN3O3. The van der Waals surface area contributed by atoms with Crippen LogP contribution in [0, 0.1) is 30.6 Å². The van der Waals surface area contributed by atoms with Gasteiger partial charge in [-0.1, -0.05) is 41.6 Å². The fourth-order valence-electron chi connectivity index (χ4n) is 3.07. The summed E-state index contributed by atoms with van der Waals surface area (Å²) >= 11 is 6.39. The maximum atomic E-state index is 11.7. The summed E-state index contributed by atoms with van der Waals surface area (Å²) in [5, 5.41) is 2.96. The van der Waals surface area contributed by atoms with E-state index in [0.717, 1.165) is 11.1 Å². The highest BCUT2D eigenvalue weighted by molar-refractivity contribution is 6.32. The first kappa shape index (κ1) is 20.3. The van der Waals surface area contributed by atoms with Crippen molar-refractivity contribution < 1.29 is 9.53 Å². The highest BCUT2D eigenvalue weighted by Crippen LogP contribution is 2.27. The number of halogens is 1. The minimum atomic E-state index is -0.851. The molecule has 0 spiro atoms. The first-order valence-electron chi connectivity index (χ1n) is 9.37. The number of aromatic nitrogens is 2. The summed E-state index contributed by atoms with van der Waals surface area (Å²) < 4.78 is 5.73. The van der Waals surface area contributed by atoms with Crippen molar-refractivity contribution in [2.45, 2.75) is 13.8 Å². The predicted molar refractivity (Wildman–Crippen MR) is 120 cm³/mol. The molecule has 0 unspecified atom stereocenters. The Kier molecular flexibility index (Phi) is 5.52. The zero-order chi connectivity index (χ0) is 22.0. The van der Waals surface area contributed by atoms with Gasteiger partial charge in [0, 0.05) is 16.3 Å². The van der Waals surface area contributed by atoms with E-state index in [-0.39, 0.29) is 11.6 Å². The molecule has 0 bridgehead atoms. The Balaban J connectivity index is 1.64. The number of nitroso groups, excluding NO2 is 1. The molecule has 4 aromatic rings. The highest BCUT2D eigenvalue weighted by Gasteiger charge is 2.13. The summed E-state index contributed by atoms with van der Waals surface area (Å²) in [6, 6.07) is 16.4. The van der Waals surface area contributed by atoms with Crippen molar-refractivity contribution in [2.75, 3.05) is 0 Å². The Morgan fingerprint density at radius 3 is 2.71 bits per heavy atom. The largest absolute Gasteiger partial charge is 0.426 e. The zero-order valence-electron chi connectivity index (χ0n) is 16.7. The van der Waals surface area contributed by atoms with Crippen LogP contribution < -0.4 is 4.74 Å². The van der Waals surface area contributed by atoms with Gasteiger partial charge in [-0.05, 0) is 61.4 Å². The van der Waals surface area contributed by atoms with Gasteiger partial charge in [-0.3, -0.25) is 4.79 Å². The van der Waals surface area contributed by atoms with Gasteiger partial charge in [0.05, 0.1) is 21.6 Å². The van der Waals surface area contributed by atoms with Gasteiger partial charge in [-0.25, -0.2) is 0 Å². The van der Waals surface area contributed by atoms with Crippen LogP contribution in [0.4, 0.5) is 0 Å². The molecule has 0 saturated heterocycles. The first-order valence-corrected chi connectivity index (χ1v) is 9.75. The van der Waals surface area contributed by atoms with Crippen LogP contribution >= 0.6 is 11.6 Å². The zero-order valence-corrected chi connectivity index (χ0v) is 17.4. The van der Waals surface area contributed by atoms with E-state index in [1.165, 1.54) is 6.07 Å². The number of imidazole rings is 1. The number of carbonyl (C=O) groups excluding carboxylic acids is 1. The molecule has 7 heteroatoms. The number of carbonyl (C=O) groups is 1. The molecule has 0 aliphatic carbocycles. The summed E-state index contributed by atoms with van der Waals surface area (Å²) in [4.78, 5) is 29.7. The molecule has 0 aliphatic heterocycles. The Morgan fingerprint density at radius 2 is 1.94 bits per heavy atom. The summed E-state index contributed by atoms with van der Waals surface area (Å²) in [6.07, 6.45) is 0. The second-order valence-corrected chi connectivity index (χ2v) is 7.39. The van der Waals surface area contributed by atoms with Crippen LogP contribution in [0.25, 0.3) is 11.0 Å². The molecule has 6 nitrogen and oxygen atoms in total. The van der Waals surface area contributed by atoms with Gasteiger partial charge in [0.15, 0.2) is 0 Å². The van der Waals surface area contributed by atoms with Gasteiger partial charge >= 0.3 is 5.91 Å². The number of aryl methyl sites for hydroxylation is 2. The van der Waals surface area contributed by atoms with Crippen molar-refractivity contribution in [3.8, 4) is 23.6 Å². The van der Waals surface area contributed by atoms with E-state index in [1.54, 1.807) is 31.2 Å². The Morgan fingerprint density at radius 1 is 1.10 bits per heavy atom. The Labute approximate surface area is 183 Å². The van der Waals surface area contributed by atoms with Gasteiger partial charge in [0.2, 0.25) is 0 Å². The number of rotatable bonds is 3. The van der Waals surface area contributed by atoms with Crippen LogP contribution in [0.3, 0.4) is 0 Å². The standard InChI is InChI=1S/C24H16ClN3O3/c1-14-4-3-5-16(10-14)7-8-17-11-21-22(13-20(17)25)27-24(26-21)31-18-9-6-15(2)19(12-18)23(29)28-30/h3-6,9-13H,1-2H3,(H,26,27).